The number of anilines is 1. The van der Waals surface area contributed by atoms with Crippen molar-refractivity contribution < 1.29 is 13.2 Å². The number of carbonyl (C=O) groups excluding carboxylic acids is 1. The molecule has 2 heterocycles. The fourth-order valence-corrected chi connectivity index (χ4v) is 5.25. The third-order valence-corrected chi connectivity index (χ3v) is 7.21. The number of hydrogen-bond donors (Lipinski definition) is 2. The second-order valence-corrected chi connectivity index (χ2v) is 9.71. The number of fused-ring (bicyclic) bond motifs is 1. The van der Waals surface area contributed by atoms with Crippen molar-refractivity contribution in [3.05, 3.63) is 60.2 Å². The summed E-state index contributed by atoms with van der Waals surface area (Å²) >= 11 is 0. The Bertz CT molecular complexity index is 1080. The van der Waals surface area contributed by atoms with Crippen LogP contribution in [0.3, 0.4) is 0 Å². The van der Waals surface area contributed by atoms with Crippen molar-refractivity contribution in [2.45, 2.75) is 24.3 Å². The first-order valence-electron chi connectivity index (χ1n) is 10.9. The van der Waals surface area contributed by atoms with Gasteiger partial charge in [0.1, 0.15) is 11.9 Å². The molecule has 0 bridgehead atoms. The predicted octanol–water partition coefficient (Wildman–Crippen LogP) is 1.44. The number of hydrogen-bond acceptors (Lipinski definition) is 6. The van der Waals surface area contributed by atoms with E-state index in [2.05, 4.69) is 49.1 Å². The molecule has 0 aliphatic carbocycles. The second-order valence-electron chi connectivity index (χ2n) is 8.06. The molecule has 2 aromatic rings. The fraction of sp³-hybridized carbons (Fsp3) is 0.391. The number of benzene rings is 2. The summed E-state index contributed by atoms with van der Waals surface area (Å²) in [7, 11) is -3.60. The van der Waals surface area contributed by atoms with E-state index in [1.165, 1.54) is 11.8 Å². The first-order chi connectivity index (χ1) is 15.4. The Labute approximate surface area is 189 Å². The van der Waals surface area contributed by atoms with Crippen LogP contribution in [0.2, 0.25) is 0 Å². The molecule has 9 heteroatoms. The summed E-state index contributed by atoms with van der Waals surface area (Å²) in [6.07, 6.45) is 0.857. The Hall–Kier alpha value is -2.91. The van der Waals surface area contributed by atoms with E-state index < -0.39 is 16.1 Å². The van der Waals surface area contributed by atoms with Crippen LogP contribution in [0.15, 0.2) is 64.5 Å². The number of aliphatic imine (C=N–C) groups is 1. The van der Waals surface area contributed by atoms with Crippen molar-refractivity contribution in [3.8, 4) is 0 Å². The van der Waals surface area contributed by atoms with Crippen molar-refractivity contribution in [3.63, 3.8) is 0 Å². The van der Waals surface area contributed by atoms with E-state index >= 15 is 0 Å². The zero-order valence-corrected chi connectivity index (χ0v) is 19.0. The highest BCUT2D eigenvalue weighted by molar-refractivity contribution is 7.90. The molecule has 1 saturated heterocycles. The number of sulfonamides is 1. The molecule has 0 unspecified atom stereocenters. The smallest absolute Gasteiger partial charge is 0.263 e. The van der Waals surface area contributed by atoms with Crippen LogP contribution in [-0.2, 0) is 14.8 Å². The Morgan fingerprint density at radius 2 is 1.75 bits per heavy atom. The maximum atomic E-state index is 12.4. The van der Waals surface area contributed by atoms with Gasteiger partial charge in [0.15, 0.2) is 0 Å². The number of carbonyl (C=O) groups is 1. The minimum absolute atomic E-state index is 0.193. The van der Waals surface area contributed by atoms with Crippen LogP contribution in [-0.4, -0.2) is 70.4 Å². The van der Waals surface area contributed by atoms with Crippen LogP contribution in [0, 0.1) is 0 Å². The molecule has 1 amide bonds. The molecule has 0 spiro atoms. The molecule has 170 valence electrons. The number of piperazine rings is 1. The van der Waals surface area contributed by atoms with Gasteiger partial charge in [0.2, 0.25) is 5.91 Å². The minimum Gasteiger partial charge on any atom is -0.369 e. The molecule has 2 aliphatic heterocycles. The maximum Gasteiger partial charge on any atom is 0.263 e. The van der Waals surface area contributed by atoms with Crippen LogP contribution < -0.4 is 14.9 Å². The summed E-state index contributed by atoms with van der Waals surface area (Å²) in [5.74, 6) is 0.00881. The molecule has 8 nitrogen and oxygen atoms in total. The third kappa shape index (κ3) is 5.11. The van der Waals surface area contributed by atoms with Crippen LogP contribution >= 0.6 is 0 Å². The third-order valence-electron chi connectivity index (χ3n) is 5.81. The van der Waals surface area contributed by atoms with Gasteiger partial charge < -0.3 is 10.2 Å². The van der Waals surface area contributed by atoms with Crippen LogP contribution in [0.5, 0.6) is 0 Å². The molecular formula is C23H29N5O3S. The zero-order chi connectivity index (χ0) is 22.6. The summed E-state index contributed by atoms with van der Waals surface area (Å²) in [4.78, 5) is 21.8. The summed E-state index contributed by atoms with van der Waals surface area (Å²) in [5.41, 5.74) is 1.77. The van der Waals surface area contributed by atoms with E-state index in [0.29, 0.717) is 12.1 Å². The number of amides is 1. The number of amidine groups is 1. The lowest BCUT2D eigenvalue weighted by atomic mass is 10.2. The van der Waals surface area contributed by atoms with Gasteiger partial charge in [0.05, 0.1) is 4.90 Å². The van der Waals surface area contributed by atoms with Crippen molar-refractivity contribution >= 4 is 27.5 Å². The van der Waals surface area contributed by atoms with Crippen LogP contribution in [0.1, 0.15) is 18.9 Å². The van der Waals surface area contributed by atoms with Crippen molar-refractivity contribution in [2.75, 3.05) is 44.2 Å². The quantitative estimate of drug-likeness (QED) is 0.617. The van der Waals surface area contributed by atoms with E-state index in [-0.39, 0.29) is 16.6 Å². The predicted molar refractivity (Wildman–Crippen MR) is 125 cm³/mol. The molecule has 4 rings (SSSR count). The molecule has 0 radical (unpaired) electrons. The summed E-state index contributed by atoms with van der Waals surface area (Å²) in [5, 5.41) is 2.91. The van der Waals surface area contributed by atoms with Gasteiger partial charge in [-0.3, -0.25) is 19.4 Å². The van der Waals surface area contributed by atoms with E-state index in [9.17, 15) is 13.2 Å². The lowest BCUT2D eigenvalue weighted by Crippen LogP contribution is -2.47. The van der Waals surface area contributed by atoms with Crippen molar-refractivity contribution in [1.29, 1.82) is 0 Å². The molecule has 2 aliphatic rings. The van der Waals surface area contributed by atoms with Crippen LogP contribution in [0.4, 0.5) is 5.69 Å². The Balaban J connectivity index is 1.20. The largest absolute Gasteiger partial charge is 0.369 e. The highest BCUT2D eigenvalue weighted by atomic mass is 32.2. The average Bonchev–Trinajstić information content (AvgIpc) is 3.07. The van der Waals surface area contributed by atoms with Crippen molar-refractivity contribution in [2.24, 2.45) is 4.99 Å². The number of nitrogens with one attached hydrogen (secondary N) is 2. The van der Waals surface area contributed by atoms with Gasteiger partial charge in [0.25, 0.3) is 10.0 Å². The lowest BCUT2D eigenvalue weighted by Gasteiger charge is -2.36. The molecule has 2 aromatic carbocycles. The van der Waals surface area contributed by atoms with Gasteiger partial charge in [-0.15, -0.1) is 0 Å². The Morgan fingerprint density at radius 3 is 2.50 bits per heavy atom. The molecule has 1 fully saturated rings. The van der Waals surface area contributed by atoms with Gasteiger partial charge in [0, 0.05) is 44.0 Å². The second kappa shape index (κ2) is 9.70. The first-order valence-corrected chi connectivity index (χ1v) is 12.4. The van der Waals surface area contributed by atoms with Gasteiger partial charge in [-0.05, 0) is 44.2 Å². The summed E-state index contributed by atoms with van der Waals surface area (Å²) < 4.78 is 26.8. The van der Waals surface area contributed by atoms with Gasteiger partial charge in [-0.2, -0.15) is 0 Å². The minimum atomic E-state index is -3.60. The molecule has 32 heavy (non-hydrogen) atoms. The summed E-state index contributed by atoms with van der Waals surface area (Å²) in [6, 6.07) is 16.4. The van der Waals surface area contributed by atoms with E-state index in [1.807, 2.05) is 6.07 Å². The van der Waals surface area contributed by atoms with Gasteiger partial charge in [-0.25, -0.2) is 8.42 Å². The SMILES string of the molecule is C[C@H](N=C1NS(=O)(=O)c2ccccc21)C(=O)NCCCN1CCN(c2ccccc2)CC1. The molecule has 0 aromatic heterocycles. The topological polar surface area (TPSA) is 94.1 Å². The van der Waals surface area contributed by atoms with E-state index in [1.54, 1.807) is 25.1 Å². The molecular weight excluding hydrogens is 426 g/mol. The standard InChI is InChI=1S/C23H29N5O3S/c1-18(25-22-20-10-5-6-11-21(20)32(30,31)26-22)23(29)24-12-7-13-27-14-16-28(17-15-27)19-8-3-2-4-9-19/h2-6,8-11,18H,7,12-17H2,1H3,(H,24,29)(H,25,26)/t18-/m0/s1. The molecule has 0 saturated carbocycles. The summed E-state index contributed by atoms with van der Waals surface area (Å²) in [6.45, 7) is 7.18. The zero-order valence-electron chi connectivity index (χ0n) is 18.2. The fourth-order valence-electron chi connectivity index (χ4n) is 4.01. The van der Waals surface area contributed by atoms with Crippen LogP contribution in [0.25, 0.3) is 0 Å². The van der Waals surface area contributed by atoms with Crippen molar-refractivity contribution in [1.82, 2.24) is 14.9 Å². The number of rotatable bonds is 7. The maximum absolute atomic E-state index is 12.4. The Morgan fingerprint density at radius 1 is 1.06 bits per heavy atom. The number of nitrogens with zero attached hydrogens (tertiary/aromatic N) is 3. The molecule has 1 atom stereocenters. The Kier molecular flexibility index (Phi) is 6.76. The highest BCUT2D eigenvalue weighted by Gasteiger charge is 2.31. The van der Waals surface area contributed by atoms with Gasteiger partial charge >= 0.3 is 0 Å². The van der Waals surface area contributed by atoms with E-state index in [4.69, 9.17) is 0 Å². The van der Waals surface area contributed by atoms with Gasteiger partial charge in [-0.1, -0.05) is 30.3 Å². The monoisotopic (exact) mass is 455 g/mol. The number of para-hydroxylation sites is 1. The molecule has 2 N–H and O–H groups in total. The van der Waals surface area contributed by atoms with E-state index in [0.717, 1.165) is 39.1 Å². The highest BCUT2D eigenvalue weighted by Crippen LogP contribution is 2.22. The lowest BCUT2D eigenvalue weighted by molar-refractivity contribution is -0.121. The average molecular weight is 456 g/mol. The first kappa shape index (κ1) is 22.3. The normalized spacial score (nSPS) is 19.9.